The molecule has 0 aromatic carbocycles. The predicted octanol–water partition coefficient (Wildman–Crippen LogP) is 3.21. The van der Waals surface area contributed by atoms with Crippen LogP contribution >= 0.6 is 0 Å². The first-order valence-electron chi connectivity index (χ1n) is 11.9. The lowest BCUT2D eigenvalue weighted by Crippen LogP contribution is -2.49. The molecule has 4 aromatic heterocycles. The number of carbonyl (C=O) groups is 1. The summed E-state index contributed by atoms with van der Waals surface area (Å²) in [6, 6.07) is 9.12. The Morgan fingerprint density at radius 2 is 2.06 bits per heavy atom. The summed E-state index contributed by atoms with van der Waals surface area (Å²) in [6.45, 7) is 5.79. The summed E-state index contributed by atoms with van der Waals surface area (Å²) in [5.41, 5.74) is 3.99. The number of nitrogens with zero attached hydrogens (tertiary/aromatic N) is 5. The minimum Gasteiger partial charge on any atom is -0.384 e. The fraction of sp³-hybridized carbons (Fsp3) is 0.346. The van der Waals surface area contributed by atoms with Crippen LogP contribution < -0.4 is 5.32 Å². The molecule has 0 spiro atoms. The fourth-order valence-corrected chi connectivity index (χ4v) is 4.60. The number of amides is 1. The third-order valence-electron chi connectivity index (χ3n) is 6.58. The number of hydrogen-bond acceptors (Lipinski definition) is 6. The number of rotatable bonds is 7. The van der Waals surface area contributed by atoms with E-state index in [4.69, 9.17) is 4.98 Å². The molecule has 10 heteroatoms. The van der Waals surface area contributed by atoms with E-state index in [0.717, 1.165) is 34.4 Å². The first-order valence-corrected chi connectivity index (χ1v) is 11.9. The molecule has 1 fully saturated rings. The number of nitrogens with one attached hydrogen (secondary N) is 2. The van der Waals surface area contributed by atoms with Crippen molar-refractivity contribution in [2.45, 2.75) is 51.7 Å². The molecule has 1 amide bonds. The molecule has 0 unspecified atom stereocenters. The average Bonchev–Trinajstić information content (AvgIpc) is 3.44. The highest BCUT2D eigenvalue weighted by Crippen LogP contribution is 2.45. The van der Waals surface area contributed by atoms with Gasteiger partial charge in [0.25, 0.3) is 0 Å². The second-order valence-corrected chi connectivity index (χ2v) is 9.66. The van der Waals surface area contributed by atoms with Crippen LogP contribution in [-0.2, 0) is 16.8 Å². The second-order valence-electron chi connectivity index (χ2n) is 9.66. The summed E-state index contributed by atoms with van der Waals surface area (Å²) in [5, 5.41) is 25.3. The molecule has 1 saturated carbocycles. The Bertz CT molecular complexity index is 1390. The van der Waals surface area contributed by atoms with Gasteiger partial charge in [0.05, 0.1) is 29.8 Å². The first-order chi connectivity index (χ1) is 17.2. The Kier molecular flexibility index (Phi) is 6.13. The number of hydrogen-bond donors (Lipinski definition) is 3. The smallest absolute Gasteiger partial charge is 0.223 e. The van der Waals surface area contributed by atoms with Gasteiger partial charge in [-0.15, -0.1) is 0 Å². The first kappa shape index (κ1) is 23.8. The Balaban J connectivity index is 1.20. The van der Waals surface area contributed by atoms with E-state index in [-0.39, 0.29) is 17.9 Å². The molecule has 1 atom stereocenters. The van der Waals surface area contributed by atoms with E-state index in [2.05, 4.69) is 25.6 Å². The van der Waals surface area contributed by atoms with Crippen LogP contribution in [0.15, 0.2) is 48.9 Å². The Labute approximate surface area is 207 Å². The third kappa shape index (κ3) is 4.90. The van der Waals surface area contributed by atoms with Crippen LogP contribution in [0.1, 0.15) is 59.7 Å². The van der Waals surface area contributed by atoms with Gasteiger partial charge in [-0.25, -0.2) is 14.1 Å². The largest absolute Gasteiger partial charge is 0.384 e. The zero-order valence-corrected chi connectivity index (χ0v) is 20.4. The average molecular weight is 490 g/mol. The van der Waals surface area contributed by atoms with Gasteiger partial charge >= 0.3 is 0 Å². The lowest BCUT2D eigenvalue weighted by molar-refractivity contribution is -0.144. The maximum absolute atomic E-state index is 13.2. The van der Waals surface area contributed by atoms with Crippen molar-refractivity contribution in [3.8, 4) is 5.82 Å². The Morgan fingerprint density at radius 3 is 2.69 bits per heavy atom. The van der Waals surface area contributed by atoms with E-state index in [0.29, 0.717) is 30.8 Å². The van der Waals surface area contributed by atoms with E-state index < -0.39 is 11.4 Å². The molecule has 0 saturated heterocycles. The molecule has 4 aromatic rings. The summed E-state index contributed by atoms with van der Waals surface area (Å²) in [6.07, 6.45) is 5.19. The summed E-state index contributed by atoms with van der Waals surface area (Å²) in [5.74, 6) is -0.383. The maximum atomic E-state index is 13.2. The number of aromatic amines is 1. The van der Waals surface area contributed by atoms with Crippen molar-refractivity contribution in [2.24, 2.45) is 5.92 Å². The molecule has 186 valence electrons. The van der Waals surface area contributed by atoms with Crippen molar-refractivity contribution in [3.63, 3.8) is 0 Å². The molecule has 9 nitrogen and oxygen atoms in total. The Morgan fingerprint density at radius 1 is 1.25 bits per heavy atom. The minimum absolute atomic E-state index is 0.120. The normalized spacial score (nSPS) is 20.1. The quantitative estimate of drug-likeness (QED) is 0.367. The van der Waals surface area contributed by atoms with Crippen LogP contribution in [0, 0.1) is 25.6 Å². The lowest BCUT2D eigenvalue weighted by atomic mass is 9.68. The van der Waals surface area contributed by atoms with E-state index in [9.17, 15) is 14.3 Å². The minimum atomic E-state index is -1.13. The maximum Gasteiger partial charge on any atom is 0.223 e. The molecular formula is C26H28FN7O2. The van der Waals surface area contributed by atoms with Gasteiger partial charge in [-0.1, -0.05) is 6.07 Å². The molecule has 4 heterocycles. The molecule has 36 heavy (non-hydrogen) atoms. The van der Waals surface area contributed by atoms with Crippen molar-refractivity contribution >= 4 is 5.91 Å². The van der Waals surface area contributed by atoms with Crippen molar-refractivity contribution in [2.75, 3.05) is 0 Å². The van der Waals surface area contributed by atoms with Crippen LogP contribution in [0.3, 0.4) is 0 Å². The van der Waals surface area contributed by atoms with Crippen molar-refractivity contribution in [1.82, 2.24) is 35.3 Å². The zero-order chi connectivity index (χ0) is 25.4. The van der Waals surface area contributed by atoms with Gasteiger partial charge in [0.15, 0.2) is 11.6 Å². The van der Waals surface area contributed by atoms with E-state index >= 15 is 0 Å². The van der Waals surface area contributed by atoms with Crippen molar-refractivity contribution < 1.29 is 14.3 Å². The van der Waals surface area contributed by atoms with E-state index in [1.165, 1.54) is 10.9 Å². The number of H-pyrrole nitrogens is 1. The second kappa shape index (κ2) is 9.27. The van der Waals surface area contributed by atoms with Gasteiger partial charge in [0, 0.05) is 29.9 Å². The topological polar surface area (TPSA) is 122 Å². The standard InChI is InChI=1S/C26H28FN7O2/c1-15-6-21(9-22-8-16(2)32-33-22)31-23(7-15)26(36)10-19(11-26)25(35)30-17(3)18-4-5-24(28-12-18)34-14-20(27)13-29-34/h4-8,12-14,17,19,36H,9-11H2,1-3H3,(H,30,35)(H,32,33)/t17-,19?,26?/m0/s1. The molecular weight excluding hydrogens is 461 g/mol. The third-order valence-corrected chi connectivity index (χ3v) is 6.58. The lowest BCUT2D eigenvalue weighted by Gasteiger charge is -2.42. The molecule has 5 rings (SSSR count). The van der Waals surface area contributed by atoms with Crippen LogP contribution in [-0.4, -0.2) is 41.0 Å². The highest BCUT2D eigenvalue weighted by atomic mass is 19.1. The number of aliphatic hydroxyl groups is 1. The molecule has 1 aliphatic carbocycles. The summed E-state index contributed by atoms with van der Waals surface area (Å²) < 4.78 is 14.5. The number of halogens is 1. The molecule has 1 aliphatic rings. The van der Waals surface area contributed by atoms with Gasteiger partial charge < -0.3 is 10.4 Å². The van der Waals surface area contributed by atoms with Gasteiger partial charge in [0.2, 0.25) is 5.91 Å². The fourth-order valence-electron chi connectivity index (χ4n) is 4.60. The van der Waals surface area contributed by atoms with Crippen molar-refractivity contribution in [3.05, 3.63) is 88.6 Å². The summed E-state index contributed by atoms with van der Waals surface area (Å²) in [4.78, 5) is 21.9. The number of carbonyl (C=O) groups excluding carboxylic acids is 1. The highest BCUT2D eigenvalue weighted by Gasteiger charge is 2.48. The predicted molar refractivity (Wildman–Crippen MR) is 130 cm³/mol. The SMILES string of the molecule is Cc1cc(Cc2cc(C)[nH]n2)nc(C2(O)CC(C(=O)N[C@@H](C)c3ccc(-n4cc(F)cn4)nc3)C2)c1. The molecule has 0 bridgehead atoms. The zero-order valence-electron chi connectivity index (χ0n) is 20.4. The van der Waals surface area contributed by atoms with Gasteiger partial charge in [0.1, 0.15) is 5.60 Å². The van der Waals surface area contributed by atoms with Crippen molar-refractivity contribution in [1.29, 1.82) is 0 Å². The van der Waals surface area contributed by atoms with E-state index in [1.807, 2.05) is 45.0 Å². The van der Waals surface area contributed by atoms with Gasteiger partial charge in [-0.2, -0.15) is 10.2 Å². The van der Waals surface area contributed by atoms with E-state index in [1.54, 1.807) is 12.3 Å². The molecule has 0 radical (unpaired) electrons. The van der Waals surface area contributed by atoms with Crippen LogP contribution in [0.4, 0.5) is 4.39 Å². The molecule has 0 aliphatic heterocycles. The highest BCUT2D eigenvalue weighted by molar-refractivity contribution is 5.80. The monoisotopic (exact) mass is 489 g/mol. The summed E-state index contributed by atoms with van der Waals surface area (Å²) >= 11 is 0. The number of aryl methyl sites for hydroxylation is 2. The molecule has 3 N–H and O–H groups in total. The number of aromatic nitrogens is 6. The van der Waals surface area contributed by atoms with Crippen LogP contribution in [0.2, 0.25) is 0 Å². The van der Waals surface area contributed by atoms with Crippen LogP contribution in [0.5, 0.6) is 0 Å². The number of pyridine rings is 2. The summed E-state index contributed by atoms with van der Waals surface area (Å²) in [7, 11) is 0. The van der Waals surface area contributed by atoms with Gasteiger partial charge in [-0.3, -0.25) is 14.9 Å². The van der Waals surface area contributed by atoms with Crippen LogP contribution in [0.25, 0.3) is 5.82 Å². The van der Waals surface area contributed by atoms with Gasteiger partial charge in [-0.05, 0) is 69.0 Å². The Hall–Kier alpha value is -3.92.